The van der Waals surface area contributed by atoms with Gasteiger partial charge in [0.05, 0.1) is 12.3 Å². The van der Waals surface area contributed by atoms with Crippen molar-refractivity contribution < 1.29 is 28.7 Å². The molecule has 0 aliphatic heterocycles. The molecule has 40 heavy (non-hydrogen) atoms. The minimum atomic E-state index is -0.687. The van der Waals surface area contributed by atoms with Crippen molar-refractivity contribution in [1.82, 2.24) is 0 Å². The van der Waals surface area contributed by atoms with Crippen LogP contribution in [0.3, 0.4) is 0 Å². The molecule has 4 aliphatic carbocycles. The number of Topliss-reactive ketones (excluding diaryl/α,β-unsaturated/α-hetero) is 1. The molecule has 0 spiro atoms. The van der Waals surface area contributed by atoms with Crippen LogP contribution < -0.4 is 0 Å². The van der Waals surface area contributed by atoms with E-state index in [1.54, 1.807) is 0 Å². The molecule has 0 saturated heterocycles. The number of ketones is 1. The summed E-state index contributed by atoms with van der Waals surface area (Å²) in [7, 11) is 0. The first kappa shape index (κ1) is 31.0. The molecular weight excluding hydrogens is 504 g/mol. The van der Waals surface area contributed by atoms with E-state index in [0.717, 1.165) is 12.7 Å². The summed E-state index contributed by atoms with van der Waals surface area (Å²) in [5.74, 6) is -0.454. The molecule has 10 atom stereocenters. The summed E-state index contributed by atoms with van der Waals surface area (Å²) in [5, 5.41) is 0. The lowest BCUT2D eigenvalue weighted by Gasteiger charge is -2.70. The third-order valence-electron chi connectivity index (χ3n) is 12.7. The Balaban J connectivity index is 1.78. The molecule has 224 valence electrons. The summed E-state index contributed by atoms with van der Waals surface area (Å²) >= 11 is 0. The monoisotopic (exact) mass is 556 g/mol. The number of hydrogen-bond donors (Lipinski definition) is 0. The molecule has 4 aliphatic rings. The smallest absolute Gasteiger partial charge is 0.309 e. The number of ether oxygens (including phenoxy) is 2. The van der Waals surface area contributed by atoms with Gasteiger partial charge in [0.1, 0.15) is 18.5 Å². The van der Waals surface area contributed by atoms with Gasteiger partial charge < -0.3 is 14.3 Å². The second-order valence-electron chi connectivity index (χ2n) is 14.6. The Morgan fingerprint density at radius 1 is 1.00 bits per heavy atom. The third-order valence-corrected chi connectivity index (χ3v) is 12.7. The molecule has 0 radical (unpaired) electrons. The highest BCUT2D eigenvalue weighted by molar-refractivity contribution is 5.97. The zero-order valence-corrected chi connectivity index (χ0v) is 26.1. The van der Waals surface area contributed by atoms with Crippen LogP contribution in [0.4, 0.5) is 0 Å². The van der Waals surface area contributed by atoms with E-state index in [2.05, 4.69) is 34.6 Å². The number of esters is 2. The summed E-state index contributed by atoms with van der Waals surface area (Å²) in [6.07, 6.45) is 10.9. The summed E-state index contributed by atoms with van der Waals surface area (Å²) in [6, 6.07) is 0. The Hall–Kier alpha value is -1.98. The number of fused-ring (bicyclic) bond motifs is 5. The zero-order valence-electron chi connectivity index (χ0n) is 26.1. The predicted molar refractivity (Wildman–Crippen MR) is 154 cm³/mol. The lowest BCUT2D eigenvalue weighted by atomic mass is 9.34. The van der Waals surface area contributed by atoms with E-state index >= 15 is 0 Å². The van der Waals surface area contributed by atoms with Gasteiger partial charge in [-0.2, -0.15) is 0 Å². The molecule has 6 heteroatoms. The average molecular weight is 557 g/mol. The van der Waals surface area contributed by atoms with E-state index in [9.17, 15) is 19.2 Å². The standard InChI is InChI=1S/C34H52O6/c1-9-23(39-22(4)37)18-30(38)40-29-19-28-32(6)16-11-15-31(5,10-2)26(32)14-17-33(28,7)27-13-12-24(21(3)36)25(20-35)34(27,29)8/h12,20,23,25-29H,9-11,13-19H2,1-8H3/t23?,25-,26?,27?,28?,29-,31-,32-,33-,34+/m0/s1. The molecule has 0 N–H and O–H groups in total. The van der Waals surface area contributed by atoms with Gasteiger partial charge in [0.25, 0.3) is 0 Å². The second-order valence-corrected chi connectivity index (χ2v) is 14.6. The van der Waals surface area contributed by atoms with Crippen LogP contribution in [0.5, 0.6) is 0 Å². The van der Waals surface area contributed by atoms with Crippen molar-refractivity contribution >= 4 is 24.0 Å². The van der Waals surface area contributed by atoms with Gasteiger partial charge >= 0.3 is 11.9 Å². The van der Waals surface area contributed by atoms with Crippen LogP contribution in [-0.4, -0.2) is 36.2 Å². The molecule has 0 aromatic heterocycles. The first-order valence-electron chi connectivity index (χ1n) is 15.7. The fourth-order valence-corrected chi connectivity index (χ4v) is 10.6. The zero-order chi connectivity index (χ0) is 29.7. The van der Waals surface area contributed by atoms with Crippen LogP contribution in [0.25, 0.3) is 0 Å². The van der Waals surface area contributed by atoms with Crippen LogP contribution in [-0.2, 0) is 28.7 Å². The fraction of sp³-hybridized carbons (Fsp3) is 0.824. The number of hydrogen-bond acceptors (Lipinski definition) is 6. The van der Waals surface area contributed by atoms with Gasteiger partial charge in [-0.3, -0.25) is 14.4 Å². The number of carbonyl (C=O) groups is 4. The Bertz CT molecular complexity index is 1060. The second kappa shape index (κ2) is 11.0. The van der Waals surface area contributed by atoms with Gasteiger partial charge in [-0.05, 0) is 85.9 Å². The number of carbonyl (C=O) groups excluding carboxylic acids is 4. The molecule has 3 saturated carbocycles. The van der Waals surface area contributed by atoms with Gasteiger partial charge in [-0.15, -0.1) is 0 Å². The van der Waals surface area contributed by atoms with E-state index in [-0.39, 0.29) is 29.0 Å². The van der Waals surface area contributed by atoms with Gasteiger partial charge in [0, 0.05) is 17.9 Å². The molecule has 0 bridgehead atoms. The Morgan fingerprint density at radius 2 is 1.68 bits per heavy atom. The van der Waals surface area contributed by atoms with Crippen molar-refractivity contribution in [2.24, 2.45) is 45.3 Å². The van der Waals surface area contributed by atoms with Crippen LogP contribution in [0.15, 0.2) is 11.6 Å². The third kappa shape index (κ3) is 4.79. The SMILES string of the molecule is CCC(CC(=O)O[C@H]1CC2[C@@]3(C)CCC[C@](C)(CC)C3CC[C@@]2(C)C2CC=C(C(C)=O)[C@H](C=O)[C@]21C)OC(C)=O. The van der Waals surface area contributed by atoms with Gasteiger partial charge in [0.15, 0.2) is 5.78 Å². The Labute approximate surface area is 241 Å². The minimum absolute atomic E-state index is 0.00970. The van der Waals surface area contributed by atoms with E-state index in [4.69, 9.17) is 9.47 Å². The summed E-state index contributed by atoms with van der Waals surface area (Å²) in [6.45, 7) is 16.6. The van der Waals surface area contributed by atoms with E-state index in [1.807, 2.05) is 13.0 Å². The summed E-state index contributed by atoms with van der Waals surface area (Å²) < 4.78 is 11.8. The Morgan fingerprint density at radius 3 is 2.25 bits per heavy atom. The number of allylic oxidation sites excluding steroid dienone is 2. The summed E-state index contributed by atoms with van der Waals surface area (Å²) in [4.78, 5) is 50.6. The normalized spacial score (nSPS) is 43.2. The predicted octanol–water partition coefficient (Wildman–Crippen LogP) is 7.03. The van der Waals surface area contributed by atoms with Crippen molar-refractivity contribution in [3.05, 3.63) is 11.6 Å². The van der Waals surface area contributed by atoms with E-state index in [0.29, 0.717) is 42.1 Å². The highest BCUT2D eigenvalue weighted by Crippen LogP contribution is 2.73. The lowest BCUT2D eigenvalue weighted by Crippen LogP contribution is -2.67. The quantitative estimate of drug-likeness (QED) is 0.236. The molecule has 4 unspecified atom stereocenters. The minimum Gasteiger partial charge on any atom is -0.462 e. The van der Waals surface area contributed by atoms with Crippen molar-refractivity contribution in [3.8, 4) is 0 Å². The molecule has 4 rings (SSSR count). The molecule has 3 fully saturated rings. The van der Waals surface area contributed by atoms with Crippen molar-refractivity contribution in [2.45, 2.75) is 132 Å². The highest BCUT2D eigenvalue weighted by Gasteiger charge is 2.69. The van der Waals surface area contributed by atoms with Gasteiger partial charge in [0.2, 0.25) is 0 Å². The van der Waals surface area contributed by atoms with Crippen LogP contribution in [0, 0.1) is 45.3 Å². The number of rotatable bonds is 8. The Kier molecular flexibility index (Phi) is 8.53. The molecule has 0 aromatic carbocycles. The maximum atomic E-state index is 13.5. The first-order chi connectivity index (χ1) is 18.7. The van der Waals surface area contributed by atoms with E-state index in [1.165, 1.54) is 46.0 Å². The molecule has 0 amide bonds. The molecule has 0 aromatic rings. The molecule has 6 nitrogen and oxygen atoms in total. The maximum Gasteiger partial charge on any atom is 0.309 e. The van der Waals surface area contributed by atoms with Crippen LogP contribution in [0.2, 0.25) is 0 Å². The van der Waals surface area contributed by atoms with Crippen molar-refractivity contribution in [2.75, 3.05) is 0 Å². The summed E-state index contributed by atoms with van der Waals surface area (Å²) in [5.41, 5.74) is 0.262. The first-order valence-corrected chi connectivity index (χ1v) is 15.7. The van der Waals surface area contributed by atoms with Crippen LogP contribution in [0.1, 0.15) is 120 Å². The topological polar surface area (TPSA) is 86.7 Å². The largest absolute Gasteiger partial charge is 0.462 e. The van der Waals surface area contributed by atoms with Crippen molar-refractivity contribution in [1.29, 1.82) is 0 Å². The van der Waals surface area contributed by atoms with Crippen molar-refractivity contribution in [3.63, 3.8) is 0 Å². The van der Waals surface area contributed by atoms with Gasteiger partial charge in [-0.1, -0.05) is 60.5 Å². The fourth-order valence-electron chi connectivity index (χ4n) is 10.6. The molecule has 0 heterocycles. The lowest BCUT2D eigenvalue weighted by molar-refractivity contribution is -0.240. The maximum absolute atomic E-state index is 13.5. The number of aldehydes is 1. The average Bonchev–Trinajstić information content (AvgIpc) is 2.88. The molecular formula is C34H52O6. The highest BCUT2D eigenvalue weighted by atomic mass is 16.6. The van der Waals surface area contributed by atoms with Gasteiger partial charge in [-0.25, -0.2) is 0 Å². The van der Waals surface area contributed by atoms with Crippen LogP contribution >= 0.6 is 0 Å². The van der Waals surface area contributed by atoms with E-state index < -0.39 is 35.5 Å².